The van der Waals surface area contributed by atoms with Crippen molar-refractivity contribution in [2.45, 2.75) is 27.2 Å². The Morgan fingerprint density at radius 2 is 1.79 bits per heavy atom. The molecular weight excluding hydrogens is 350 g/mol. The summed E-state index contributed by atoms with van der Waals surface area (Å²) in [4.78, 5) is 27.7. The zero-order valence-corrected chi connectivity index (χ0v) is 16.7. The summed E-state index contributed by atoms with van der Waals surface area (Å²) < 4.78 is 0. The van der Waals surface area contributed by atoms with Gasteiger partial charge in [-0.3, -0.25) is 9.78 Å². The first kappa shape index (κ1) is 19.5. The van der Waals surface area contributed by atoms with Crippen molar-refractivity contribution in [1.82, 2.24) is 15.0 Å². The van der Waals surface area contributed by atoms with Crippen LogP contribution in [0.1, 0.15) is 32.9 Å². The van der Waals surface area contributed by atoms with E-state index in [1.165, 1.54) is 5.56 Å². The third-order valence-electron chi connectivity index (χ3n) is 4.53. The van der Waals surface area contributed by atoms with Crippen molar-refractivity contribution in [1.29, 1.82) is 0 Å². The molecule has 2 aromatic heterocycles. The van der Waals surface area contributed by atoms with Gasteiger partial charge in [-0.15, -0.1) is 0 Å². The standard InChI is InChI=1S/C22H25N5O/c1-15-5-6-19(16(2)13-15)25-21(28)20-14-17(3)24-22(26-20)27(4)12-9-18-7-10-23-11-8-18/h5-8,10-11,13-14H,9,12H2,1-4H3,(H,25,28). The average molecular weight is 375 g/mol. The lowest BCUT2D eigenvalue weighted by Crippen LogP contribution is -2.25. The molecule has 1 N–H and O–H groups in total. The van der Waals surface area contributed by atoms with Gasteiger partial charge in [0.05, 0.1) is 0 Å². The Labute approximate surface area is 165 Å². The lowest BCUT2D eigenvalue weighted by molar-refractivity contribution is 0.102. The number of carbonyl (C=O) groups is 1. The van der Waals surface area contributed by atoms with Gasteiger partial charge in [-0.2, -0.15) is 0 Å². The summed E-state index contributed by atoms with van der Waals surface area (Å²) in [5.74, 6) is 0.307. The molecule has 0 unspecified atom stereocenters. The largest absolute Gasteiger partial charge is 0.344 e. The molecule has 1 aromatic carbocycles. The van der Waals surface area contributed by atoms with Crippen LogP contribution < -0.4 is 10.2 Å². The summed E-state index contributed by atoms with van der Waals surface area (Å²) in [6.45, 7) is 6.62. The highest BCUT2D eigenvalue weighted by Gasteiger charge is 2.14. The molecule has 0 bridgehead atoms. The number of aryl methyl sites for hydroxylation is 3. The first-order chi connectivity index (χ1) is 13.4. The molecule has 0 saturated heterocycles. The van der Waals surface area contributed by atoms with E-state index >= 15 is 0 Å². The van der Waals surface area contributed by atoms with Crippen LogP contribution in [0.5, 0.6) is 0 Å². The molecule has 6 nitrogen and oxygen atoms in total. The number of rotatable bonds is 6. The van der Waals surface area contributed by atoms with Gasteiger partial charge in [0.15, 0.2) is 0 Å². The van der Waals surface area contributed by atoms with Crippen molar-refractivity contribution in [3.8, 4) is 0 Å². The molecular formula is C22H25N5O. The van der Waals surface area contributed by atoms with E-state index in [1.54, 1.807) is 18.5 Å². The predicted molar refractivity (Wildman–Crippen MR) is 112 cm³/mol. The Morgan fingerprint density at radius 3 is 2.50 bits per heavy atom. The minimum Gasteiger partial charge on any atom is -0.344 e. The van der Waals surface area contributed by atoms with Crippen LogP contribution in [0.4, 0.5) is 11.6 Å². The molecule has 0 spiro atoms. The molecule has 3 rings (SSSR count). The second-order valence-corrected chi connectivity index (χ2v) is 6.99. The Bertz CT molecular complexity index is 972. The van der Waals surface area contributed by atoms with Gasteiger partial charge in [0, 0.05) is 37.4 Å². The van der Waals surface area contributed by atoms with E-state index in [-0.39, 0.29) is 5.91 Å². The third kappa shape index (κ3) is 4.91. The second-order valence-electron chi connectivity index (χ2n) is 6.99. The van der Waals surface area contributed by atoms with Crippen LogP contribution >= 0.6 is 0 Å². The number of amides is 1. The Hall–Kier alpha value is -3.28. The highest BCUT2D eigenvalue weighted by atomic mass is 16.1. The molecule has 1 amide bonds. The van der Waals surface area contributed by atoms with E-state index in [4.69, 9.17) is 0 Å². The summed E-state index contributed by atoms with van der Waals surface area (Å²) in [6.07, 6.45) is 4.42. The number of anilines is 2. The van der Waals surface area contributed by atoms with Gasteiger partial charge in [-0.1, -0.05) is 17.7 Å². The van der Waals surface area contributed by atoms with Crippen molar-refractivity contribution in [3.05, 3.63) is 76.9 Å². The maximum absolute atomic E-state index is 12.7. The second kappa shape index (κ2) is 8.61. The van der Waals surface area contributed by atoms with Gasteiger partial charge < -0.3 is 10.2 Å². The van der Waals surface area contributed by atoms with Crippen molar-refractivity contribution >= 4 is 17.5 Å². The van der Waals surface area contributed by atoms with Gasteiger partial charge >= 0.3 is 0 Å². The van der Waals surface area contributed by atoms with Crippen LogP contribution in [0, 0.1) is 20.8 Å². The van der Waals surface area contributed by atoms with Crippen LogP contribution in [0.2, 0.25) is 0 Å². The number of likely N-dealkylation sites (N-methyl/N-ethyl adjacent to an activating group) is 1. The van der Waals surface area contributed by atoms with Crippen molar-refractivity contribution < 1.29 is 4.79 Å². The number of benzene rings is 1. The first-order valence-corrected chi connectivity index (χ1v) is 9.26. The normalized spacial score (nSPS) is 10.6. The number of carbonyl (C=O) groups excluding carboxylic acids is 1. The van der Waals surface area contributed by atoms with Crippen molar-refractivity contribution in [3.63, 3.8) is 0 Å². The van der Waals surface area contributed by atoms with Crippen LogP contribution in [0.25, 0.3) is 0 Å². The molecule has 0 aliphatic rings. The minimum atomic E-state index is -0.235. The monoisotopic (exact) mass is 375 g/mol. The molecule has 0 fully saturated rings. The smallest absolute Gasteiger partial charge is 0.274 e. The van der Waals surface area contributed by atoms with Crippen LogP contribution in [-0.4, -0.2) is 34.5 Å². The highest BCUT2D eigenvalue weighted by Crippen LogP contribution is 2.18. The number of nitrogens with zero attached hydrogens (tertiary/aromatic N) is 4. The zero-order valence-electron chi connectivity index (χ0n) is 16.7. The molecule has 0 radical (unpaired) electrons. The highest BCUT2D eigenvalue weighted by molar-refractivity contribution is 6.03. The van der Waals surface area contributed by atoms with Crippen LogP contribution in [-0.2, 0) is 6.42 Å². The van der Waals surface area contributed by atoms with E-state index in [0.29, 0.717) is 11.6 Å². The maximum atomic E-state index is 12.7. The molecule has 2 heterocycles. The summed E-state index contributed by atoms with van der Waals surface area (Å²) in [5, 5.41) is 2.95. The lowest BCUT2D eigenvalue weighted by atomic mass is 10.1. The minimum absolute atomic E-state index is 0.235. The Balaban J connectivity index is 1.73. The summed E-state index contributed by atoms with van der Waals surface area (Å²) in [7, 11) is 1.93. The average Bonchev–Trinajstić information content (AvgIpc) is 2.68. The molecule has 3 aromatic rings. The Morgan fingerprint density at radius 1 is 1.04 bits per heavy atom. The fourth-order valence-corrected chi connectivity index (χ4v) is 2.93. The van der Waals surface area contributed by atoms with Gasteiger partial charge in [0.2, 0.25) is 5.95 Å². The summed E-state index contributed by atoms with van der Waals surface area (Å²) in [5.41, 5.74) is 5.28. The van der Waals surface area contributed by atoms with Gasteiger partial charge in [-0.25, -0.2) is 9.97 Å². The molecule has 144 valence electrons. The fourth-order valence-electron chi connectivity index (χ4n) is 2.93. The van der Waals surface area contributed by atoms with E-state index in [0.717, 1.165) is 35.5 Å². The first-order valence-electron chi connectivity index (χ1n) is 9.26. The molecule has 6 heteroatoms. The van der Waals surface area contributed by atoms with Crippen molar-refractivity contribution in [2.75, 3.05) is 23.8 Å². The predicted octanol–water partition coefficient (Wildman–Crippen LogP) is 3.73. The molecule has 0 aliphatic heterocycles. The fraction of sp³-hybridized carbons (Fsp3) is 0.273. The molecule has 28 heavy (non-hydrogen) atoms. The van der Waals surface area contributed by atoms with E-state index in [2.05, 4.69) is 20.3 Å². The zero-order chi connectivity index (χ0) is 20.1. The van der Waals surface area contributed by atoms with Crippen LogP contribution in [0.15, 0.2) is 48.8 Å². The van der Waals surface area contributed by atoms with E-state index in [1.807, 2.05) is 63.1 Å². The number of nitrogens with one attached hydrogen (secondary N) is 1. The maximum Gasteiger partial charge on any atom is 0.274 e. The van der Waals surface area contributed by atoms with Crippen molar-refractivity contribution in [2.24, 2.45) is 0 Å². The number of pyridine rings is 1. The van der Waals surface area contributed by atoms with Gasteiger partial charge in [-0.05, 0) is 62.6 Å². The molecule has 0 atom stereocenters. The lowest BCUT2D eigenvalue weighted by Gasteiger charge is -2.18. The molecule has 0 saturated carbocycles. The molecule has 0 aliphatic carbocycles. The van der Waals surface area contributed by atoms with Gasteiger partial charge in [0.1, 0.15) is 5.69 Å². The van der Waals surface area contributed by atoms with E-state index in [9.17, 15) is 4.79 Å². The van der Waals surface area contributed by atoms with E-state index < -0.39 is 0 Å². The van der Waals surface area contributed by atoms with Gasteiger partial charge in [0.25, 0.3) is 5.91 Å². The topological polar surface area (TPSA) is 71.0 Å². The number of hydrogen-bond donors (Lipinski definition) is 1. The van der Waals surface area contributed by atoms with Crippen LogP contribution in [0.3, 0.4) is 0 Å². The quantitative estimate of drug-likeness (QED) is 0.711. The summed E-state index contributed by atoms with van der Waals surface area (Å²) >= 11 is 0. The third-order valence-corrected chi connectivity index (χ3v) is 4.53. The number of aromatic nitrogens is 3. The Kier molecular flexibility index (Phi) is 5.99. The SMILES string of the molecule is Cc1ccc(NC(=O)c2cc(C)nc(N(C)CCc3ccncc3)n2)c(C)c1. The number of hydrogen-bond acceptors (Lipinski definition) is 5. The summed E-state index contributed by atoms with van der Waals surface area (Å²) in [6, 6.07) is 11.6.